The summed E-state index contributed by atoms with van der Waals surface area (Å²) in [6.07, 6.45) is 0.977. The molecule has 0 aromatic heterocycles. The van der Waals surface area contributed by atoms with Crippen molar-refractivity contribution in [3.05, 3.63) is 0 Å². The normalized spacial score (nSPS) is 26.1. The van der Waals surface area contributed by atoms with Crippen molar-refractivity contribution in [1.29, 1.82) is 0 Å². The molecule has 0 spiro atoms. The zero-order valence-electron chi connectivity index (χ0n) is 10.9. The van der Waals surface area contributed by atoms with Gasteiger partial charge in [-0.1, -0.05) is 0 Å². The molecule has 0 amide bonds. The second-order valence-electron chi connectivity index (χ2n) is 5.85. The van der Waals surface area contributed by atoms with Crippen molar-refractivity contribution in [3.63, 3.8) is 0 Å². The lowest BCUT2D eigenvalue weighted by atomic mass is 9.75. The highest BCUT2D eigenvalue weighted by Gasteiger charge is 2.51. The summed E-state index contributed by atoms with van der Waals surface area (Å²) in [5, 5.41) is 0. The minimum atomic E-state index is -0.929. The first-order valence-electron chi connectivity index (χ1n) is 5.77. The van der Waals surface area contributed by atoms with Gasteiger partial charge in [-0.25, -0.2) is 0 Å². The minimum absolute atomic E-state index is 0.320. The van der Waals surface area contributed by atoms with Gasteiger partial charge in [0.05, 0.1) is 17.8 Å². The molecule has 0 bridgehead atoms. The molecule has 0 aromatic rings. The summed E-state index contributed by atoms with van der Waals surface area (Å²) in [5.74, 6) is -0.320. The fourth-order valence-corrected chi connectivity index (χ4v) is 2.82. The number of ether oxygens (including phenoxy) is 2. The van der Waals surface area contributed by atoms with E-state index >= 15 is 0 Å². The van der Waals surface area contributed by atoms with Crippen LogP contribution in [0.2, 0.25) is 0 Å². The highest BCUT2D eigenvalue weighted by atomic mass is 16.5. The SMILES string of the molecule is CCOC(=O)C1(N)CC(C)(C)OC(C)(C)C1. The van der Waals surface area contributed by atoms with Gasteiger partial charge in [0.2, 0.25) is 0 Å². The summed E-state index contributed by atoms with van der Waals surface area (Å²) in [6.45, 7) is 9.96. The van der Waals surface area contributed by atoms with Gasteiger partial charge >= 0.3 is 5.97 Å². The topological polar surface area (TPSA) is 61.5 Å². The molecule has 0 saturated carbocycles. The van der Waals surface area contributed by atoms with Crippen molar-refractivity contribution < 1.29 is 14.3 Å². The van der Waals surface area contributed by atoms with Gasteiger partial charge < -0.3 is 15.2 Å². The number of rotatable bonds is 2. The van der Waals surface area contributed by atoms with E-state index in [0.717, 1.165) is 0 Å². The molecule has 4 nitrogen and oxygen atoms in total. The van der Waals surface area contributed by atoms with Crippen LogP contribution in [0, 0.1) is 0 Å². The van der Waals surface area contributed by atoms with Gasteiger partial charge in [0, 0.05) is 12.8 Å². The van der Waals surface area contributed by atoms with Gasteiger partial charge in [-0.15, -0.1) is 0 Å². The molecule has 1 heterocycles. The summed E-state index contributed by atoms with van der Waals surface area (Å²) in [6, 6.07) is 0. The molecule has 1 aliphatic heterocycles. The van der Waals surface area contributed by atoms with E-state index in [1.54, 1.807) is 6.92 Å². The smallest absolute Gasteiger partial charge is 0.326 e. The predicted molar refractivity (Wildman–Crippen MR) is 62.0 cm³/mol. The Morgan fingerprint density at radius 3 is 2.06 bits per heavy atom. The number of esters is 1. The number of hydrogen-bond acceptors (Lipinski definition) is 4. The predicted octanol–water partition coefficient (Wildman–Crippen LogP) is 1.61. The largest absolute Gasteiger partial charge is 0.465 e. The fourth-order valence-electron chi connectivity index (χ4n) is 2.82. The third-order valence-corrected chi connectivity index (χ3v) is 2.72. The van der Waals surface area contributed by atoms with Crippen molar-refractivity contribution in [2.45, 2.75) is 64.2 Å². The van der Waals surface area contributed by atoms with Crippen LogP contribution in [0.25, 0.3) is 0 Å². The van der Waals surface area contributed by atoms with Crippen LogP contribution in [-0.2, 0) is 14.3 Å². The quantitative estimate of drug-likeness (QED) is 0.731. The molecule has 1 fully saturated rings. The van der Waals surface area contributed by atoms with E-state index in [0.29, 0.717) is 19.4 Å². The van der Waals surface area contributed by atoms with E-state index in [2.05, 4.69) is 0 Å². The molecule has 2 N–H and O–H groups in total. The van der Waals surface area contributed by atoms with E-state index in [1.807, 2.05) is 27.7 Å². The van der Waals surface area contributed by atoms with Crippen LogP contribution in [0.5, 0.6) is 0 Å². The third-order valence-electron chi connectivity index (χ3n) is 2.72. The van der Waals surface area contributed by atoms with E-state index in [1.165, 1.54) is 0 Å². The second kappa shape index (κ2) is 4.00. The van der Waals surface area contributed by atoms with Crippen LogP contribution in [-0.4, -0.2) is 29.3 Å². The lowest BCUT2D eigenvalue weighted by Crippen LogP contribution is -2.62. The Balaban J connectivity index is 2.91. The van der Waals surface area contributed by atoms with Gasteiger partial charge in [-0.2, -0.15) is 0 Å². The van der Waals surface area contributed by atoms with Crippen molar-refractivity contribution in [2.75, 3.05) is 6.61 Å². The molecule has 0 aliphatic carbocycles. The zero-order chi connectivity index (χ0) is 12.6. The summed E-state index contributed by atoms with van der Waals surface area (Å²) >= 11 is 0. The molecule has 1 saturated heterocycles. The maximum Gasteiger partial charge on any atom is 0.326 e. The first-order valence-corrected chi connectivity index (χ1v) is 5.77. The molecule has 1 rings (SSSR count). The van der Waals surface area contributed by atoms with Crippen molar-refractivity contribution in [1.82, 2.24) is 0 Å². The molecule has 0 atom stereocenters. The van der Waals surface area contributed by atoms with Crippen LogP contribution < -0.4 is 5.73 Å². The first kappa shape index (κ1) is 13.5. The van der Waals surface area contributed by atoms with E-state index in [-0.39, 0.29) is 5.97 Å². The highest BCUT2D eigenvalue weighted by molar-refractivity contribution is 5.81. The Bertz CT molecular complexity index is 268. The molecule has 94 valence electrons. The molecule has 16 heavy (non-hydrogen) atoms. The van der Waals surface area contributed by atoms with Gasteiger partial charge in [-0.05, 0) is 34.6 Å². The average molecular weight is 229 g/mol. The van der Waals surface area contributed by atoms with Crippen LogP contribution >= 0.6 is 0 Å². The maximum absolute atomic E-state index is 11.9. The van der Waals surface area contributed by atoms with Gasteiger partial charge in [0.25, 0.3) is 0 Å². The van der Waals surface area contributed by atoms with Gasteiger partial charge in [0.1, 0.15) is 5.54 Å². The molecule has 4 heteroatoms. The monoisotopic (exact) mass is 229 g/mol. The standard InChI is InChI=1S/C12H23NO3/c1-6-15-9(14)12(13)7-10(2,3)16-11(4,5)8-12/h6-8,13H2,1-5H3. The second-order valence-corrected chi connectivity index (χ2v) is 5.85. The molecule has 1 aliphatic rings. The molecule has 0 radical (unpaired) electrons. The minimum Gasteiger partial charge on any atom is -0.465 e. The maximum atomic E-state index is 11.9. The number of carbonyl (C=O) groups excluding carboxylic acids is 1. The zero-order valence-corrected chi connectivity index (χ0v) is 10.9. The van der Waals surface area contributed by atoms with Crippen LogP contribution in [0.4, 0.5) is 0 Å². The van der Waals surface area contributed by atoms with Crippen molar-refractivity contribution >= 4 is 5.97 Å². The number of hydrogen-bond donors (Lipinski definition) is 1. The third kappa shape index (κ3) is 2.95. The number of carbonyl (C=O) groups is 1. The summed E-state index contributed by atoms with van der Waals surface area (Å²) in [5.41, 5.74) is 4.46. The Labute approximate surface area is 97.5 Å². The lowest BCUT2D eigenvalue weighted by Gasteiger charge is -2.48. The molecule has 0 aromatic carbocycles. The Morgan fingerprint density at radius 2 is 1.69 bits per heavy atom. The molecule has 0 unspecified atom stereocenters. The average Bonchev–Trinajstić information content (AvgIpc) is 1.97. The fraction of sp³-hybridized carbons (Fsp3) is 0.917. The highest BCUT2D eigenvalue weighted by Crippen LogP contribution is 2.40. The van der Waals surface area contributed by atoms with E-state index in [9.17, 15) is 4.79 Å². The molecular weight excluding hydrogens is 206 g/mol. The molecular formula is C12H23NO3. The summed E-state index contributed by atoms with van der Waals surface area (Å²) in [4.78, 5) is 11.9. The summed E-state index contributed by atoms with van der Waals surface area (Å²) in [7, 11) is 0. The van der Waals surface area contributed by atoms with Crippen LogP contribution in [0.3, 0.4) is 0 Å². The van der Waals surface area contributed by atoms with Crippen LogP contribution in [0.1, 0.15) is 47.5 Å². The Morgan fingerprint density at radius 1 is 1.25 bits per heavy atom. The van der Waals surface area contributed by atoms with Gasteiger partial charge in [-0.3, -0.25) is 4.79 Å². The van der Waals surface area contributed by atoms with E-state index < -0.39 is 16.7 Å². The van der Waals surface area contributed by atoms with Gasteiger partial charge in [0.15, 0.2) is 0 Å². The summed E-state index contributed by atoms with van der Waals surface area (Å²) < 4.78 is 10.9. The van der Waals surface area contributed by atoms with E-state index in [4.69, 9.17) is 15.2 Å². The Kier molecular flexibility index (Phi) is 3.37. The number of nitrogens with two attached hydrogens (primary N) is 1. The van der Waals surface area contributed by atoms with Crippen molar-refractivity contribution in [2.24, 2.45) is 5.73 Å². The Hall–Kier alpha value is -0.610. The van der Waals surface area contributed by atoms with Crippen molar-refractivity contribution in [3.8, 4) is 0 Å². The lowest BCUT2D eigenvalue weighted by molar-refractivity contribution is -0.193. The van der Waals surface area contributed by atoms with Crippen LogP contribution in [0.15, 0.2) is 0 Å². The first-order chi connectivity index (χ1) is 7.10.